The normalized spacial score (nSPS) is 14.6. The first kappa shape index (κ1) is 30.3. The van der Waals surface area contributed by atoms with Gasteiger partial charge in [0, 0.05) is 37.4 Å². The highest BCUT2D eigenvalue weighted by Gasteiger charge is 2.42. The van der Waals surface area contributed by atoms with Gasteiger partial charge in [0.25, 0.3) is 5.91 Å². The molecule has 9 nitrogen and oxygen atoms in total. The Hall–Kier alpha value is -4.71. The second kappa shape index (κ2) is 12.9. The van der Waals surface area contributed by atoms with E-state index in [9.17, 15) is 27.9 Å². The van der Waals surface area contributed by atoms with Crippen molar-refractivity contribution in [3.63, 3.8) is 0 Å². The summed E-state index contributed by atoms with van der Waals surface area (Å²) in [4.78, 5) is 29.2. The number of phenolic OH excluding ortho intramolecular Hbond substituents is 1. The number of phenols is 1. The van der Waals surface area contributed by atoms with Crippen molar-refractivity contribution < 1.29 is 42.1 Å². The average Bonchev–Trinajstić information content (AvgIpc) is 2.96. The molecule has 0 unspecified atom stereocenters. The number of hydrogen-bond donors (Lipinski definition) is 2. The molecule has 3 aromatic rings. The minimum absolute atomic E-state index is 0.00770. The van der Waals surface area contributed by atoms with Crippen LogP contribution in [0.1, 0.15) is 16.7 Å². The zero-order valence-electron chi connectivity index (χ0n) is 23.0. The molecule has 12 heteroatoms. The maximum Gasteiger partial charge on any atom is 0.491 e. The quantitative estimate of drug-likeness (QED) is 0.166. The number of aromatic hydroxyl groups is 1. The van der Waals surface area contributed by atoms with Crippen LogP contribution in [-0.2, 0) is 20.9 Å². The molecule has 0 bridgehead atoms. The van der Waals surface area contributed by atoms with Crippen molar-refractivity contribution in [3.8, 4) is 17.2 Å². The van der Waals surface area contributed by atoms with E-state index < -0.39 is 35.1 Å². The summed E-state index contributed by atoms with van der Waals surface area (Å²) in [6.45, 7) is 3.64. The predicted octanol–water partition coefficient (Wildman–Crippen LogP) is 4.19. The molecular formula is C30H30F3N3O6. The second-order valence-electron chi connectivity index (χ2n) is 9.57. The molecule has 1 heterocycles. The first-order valence-electron chi connectivity index (χ1n) is 12.9. The van der Waals surface area contributed by atoms with Crippen LogP contribution < -0.4 is 20.1 Å². The number of carbonyl (C=O) groups is 2. The monoisotopic (exact) mass is 585 g/mol. The van der Waals surface area contributed by atoms with Gasteiger partial charge in [-0.15, -0.1) is 0 Å². The van der Waals surface area contributed by atoms with E-state index in [0.717, 1.165) is 37.9 Å². The van der Waals surface area contributed by atoms with Crippen LogP contribution in [-0.4, -0.2) is 68.4 Å². The fraction of sp³-hybridized carbons (Fsp3) is 0.267. The summed E-state index contributed by atoms with van der Waals surface area (Å²) in [7, 11) is 3.36. The fourth-order valence-electron chi connectivity index (χ4n) is 4.47. The van der Waals surface area contributed by atoms with Gasteiger partial charge in [-0.25, -0.2) is 4.79 Å². The van der Waals surface area contributed by atoms with Crippen molar-refractivity contribution in [3.05, 3.63) is 83.4 Å². The topological polar surface area (TPSA) is 115 Å². The molecule has 1 aliphatic rings. The smallest absolute Gasteiger partial charge is 0.491 e. The number of alkyl halides is 3. The molecular weight excluding hydrogens is 555 g/mol. The van der Waals surface area contributed by atoms with Gasteiger partial charge < -0.3 is 34.9 Å². The van der Waals surface area contributed by atoms with Crippen LogP contribution in [0.4, 0.5) is 18.9 Å². The summed E-state index contributed by atoms with van der Waals surface area (Å²) in [6, 6.07) is 17.2. The molecule has 1 fully saturated rings. The number of piperazine rings is 1. The molecule has 42 heavy (non-hydrogen) atoms. The van der Waals surface area contributed by atoms with Crippen molar-refractivity contribution >= 4 is 28.9 Å². The van der Waals surface area contributed by atoms with E-state index >= 15 is 0 Å². The number of benzene rings is 3. The zero-order chi connectivity index (χ0) is 30.4. The van der Waals surface area contributed by atoms with Crippen molar-refractivity contribution in [1.82, 2.24) is 4.90 Å². The number of anilines is 1. The standard InChI is InChI=1S/C30H30F3N3O6/c1-35-13-15-36(16-14-35)21-8-10-22(11-9-21)41-18-20-5-3-4-6-23(20)26(28(34)38)27(42-29(39)30(31,32)33)19-7-12-25(40-2)24(37)17-19/h3-12,17,37H,13-16,18H2,1-2H3,(H2,34,38)/b27-26+. The Morgan fingerprint density at radius 3 is 2.24 bits per heavy atom. The maximum atomic E-state index is 13.2. The second-order valence-corrected chi connectivity index (χ2v) is 9.57. The first-order chi connectivity index (χ1) is 20.0. The van der Waals surface area contributed by atoms with Gasteiger partial charge in [0.1, 0.15) is 12.4 Å². The van der Waals surface area contributed by atoms with E-state index in [-0.39, 0.29) is 23.5 Å². The van der Waals surface area contributed by atoms with Crippen LogP contribution in [0.3, 0.4) is 0 Å². The lowest BCUT2D eigenvalue weighted by atomic mass is 9.95. The van der Waals surface area contributed by atoms with Gasteiger partial charge in [0.15, 0.2) is 17.3 Å². The summed E-state index contributed by atoms with van der Waals surface area (Å²) in [5.41, 5.74) is 6.44. The predicted molar refractivity (Wildman–Crippen MR) is 150 cm³/mol. The lowest BCUT2D eigenvalue weighted by molar-refractivity contribution is -0.192. The van der Waals surface area contributed by atoms with Gasteiger partial charge in [0.2, 0.25) is 0 Å². The van der Waals surface area contributed by atoms with Gasteiger partial charge in [-0.3, -0.25) is 4.79 Å². The Bertz CT molecular complexity index is 1470. The highest BCUT2D eigenvalue weighted by atomic mass is 19.4. The number of halogens is 3. The minimum atomic E-state index is -5.37. The van der Waals surface area contributed by atoms with E-state index in [1.807, 2.05) is 12.1 Å². The van der Waals surface area contributed by atoms with Crippen LogP contribution >= 0.6 is 0 Å². The number of nitrogens with zero attached hydrogens (tertiary/aromatic N) is 2. The van der Waals surface area contributed by atoms with Crippen LogP contribution in [0, 0.1) is 0 Å². The van der Waals surface area contributed by atoms with Crippen LogP contribution in [0.5, 0.6) is 17.2 Å². The number of likely N-dealkylation sites (N-methyl/N-ethyl adjacent to an activating group) is 1. The Labute approximate surface area is 240 Å². The molecule has 1 saturated heterocycles. The fourth-order valence-corrected chi connectivity index (χ4v) is 4.47. The first-order valence-corrected chi connectivity index (χ1v) is 12.9. The molecule has 3 aromatic carbocycles. The minimum Gasteiger partial charge on any atom is -0.504 e. The summed E-state index contributed by atoms with van der Waals surface area (Å²) >= 11 is 0. The molecule has 1 aliphatic heterocycles. The maximum absolute atomic E-state index is 13.2. The molecule has 222 valence electrons. The molecule has 0 saturated carbocycles. The van der Waals surface area contributed by atoms with E-state index in [1.165, 1.54) is 25.3 Å². The number of hydrogen-bond acceptors (Lipinski definition) is 8. The van der Waals surface area contributed by atoms with Gasteiger partial charge in [-0.05, 0) is 60.6 Å². The van der Waals surface area contributed by atoms with Gasteiger partial charge in [-0.2, -0.15) is 13.2 Å². The Morgan fingerprint density at radius 1 is 0.976 bits per heavy atom. The number of methoxy groups -OCH3 is 1. The molecule has 0 aromatic heterocycles. The summed E-state index contributed by atoms with van der Waals surface area (Å²) < 4.78 is 55.3. The van der Waals surface area contributed by atoms with E-state index in [1.54, 1.807) is 30.3 Å². The van der Waals surface area contributed by atoms with Crippen molar-refractivity contribution in [2.45, 2.75) is 12.8 Å². The van der Waals surface area contributed by atoms with Crippen LogP contribution in [0.25, 0.3) is 11.3 Å². The molecule has 0 radical (unpaired) electrons. The van der Waals surface area contributed by atoms with Gasteiger partial charge >= 0.3 is 12.1 Å². The van der Waals surface area contributed by atoms with Crippen LogP contribution in [0.15, 0.2) is 66.7 Å². The number of esters is 1. The van der Waals surface area contributed by atoms with Crippen LogP contribution in [0.2, 0.25) is 0 Å². The summed E-state index contributed by atoms with van der Waals surface area (Å²) in [6.07, 6.45) is -5.37. The number of rotatable bonds is 9. The summed E-state index contributed by atoms with van der Waals surface area (Å²) in [5.74, 6) is -4.45. The van der Waals surface area contributed by atoms with Crippen molar-refractivity contribution in [1.29, 1.82) is 0 Å². The highest BCUT2D eigenvalue weighted by molar-refractivity contribution is 6.26. The van der Waals surface area contributed by atoms with Crippen molar-refractivity contribution in [2.75, 3.05) is 45.2 Å². The van der Waals surface area contributed by atoms with E-state index in [0.29, 0.717) is 11.3 Å². The van der Waals surface area contributed by atoms with E-state index in [2.05, 4.69) is 16.8 Å². The third kappa shape index (κ3) is 7.13. The number of carbonyl (C=O) groups excluding carboxylic acids is 2. The van der Waals surface area contributed by atoms with Gasteiger partial charge in [-0.1, -0.05) is 24.3 Å². The molecule has 3 N–H and O–H groups in total. The molecule has 4 rings (SSSR count). The third-order valence-corrected chi connectivity index (χ3v) is 6.73. The van der Waals surface area contributed by atoms with E-state index in [4.69, 9.17) is 19.9 Å². The van der Waals surface area contributed by atoms with Crippen molar-refractivity contribution in [2.24, 2.45) is 5.73 Å². The molecule has 0 spiro atoms. The largest absolute Gasteiger partial charge is 0.504 e. The third-order valence-electron chi connectivity index (χ3n) is 6.73. The number of nitrogens with two attached hydrogens (primary N) is 1. The molecule has 0 aliphatic carbocycles. The highest BCUT2D eigenvalue weighted by Crippen LogP contribution is 2.36. The lowest BCUT2D eigenvalue weighted by Gasteiger charge is -2.34. The molecule has 0 atom stereocenters. The SMILES string of the molecule is COc1ccc(/C(OC(=O)C(F)(F)F)=C(\C(N)=O)c2ccccc2COc2ccc(N3CCN(C)CC3)cc2)cc1O. The Kier molecular flexibility index (Phi) is 9.26. The number of amides is 1. The average molecular weight is 586 g/mol. The zero-order valence-corrected chi connectivity index (χ0v) is 23.0. The van der Waals surface area contributed by atoms with Gasteiger partial charge in [0.05, 0.1) is 12.7 Å². The lowest BCUT2D eigenvalue weighted by Crippen LogP contribution is -2.44. The summed E-state index contributed by atoms with van der Waals surface area (Å²) in [5, 5.41) is 10.3. The Balaban J connectivity index is 1.68. The molecule has 1 amide bonds. The Morgan fingerprint density at radius 2 is 1.64 bits per heavy atom. The number of primary amides is 1. The number of ether oxygens (including phenoxy) is 3.